The summed E-state index contributed by atoms with van der Waals surface area (Å²) < 4.78 is 0. The number of hydrogen-bond acceptors (Lipinski definition) is 3. The lowest BCUT2D eigenvalue weighted by Gasteiger charge is -2.37. The molecule has 0 radical (unpaired) electrons. The lowest BCUT2D eigenvalue weighted by Crippen LogP contribution is -2.51. The molecule has 1 aliphatic heterocycles. The zero-order chi connectivity index (χ0) is 11.4. The van der Waals surface area contributed by atoms with Crippen molar-refractivity contribution in [3.05, 3.63) is 0 Å². The number of hydrogen-bond donors (Lipinski definition) is 1. The number of amidine groups is 1. The lowest BCUT2D eigenvalue weighted by atomic mass is 9.96. The molecule has 3 nitrogen and oxygen atoms in total. The molecule has 16 heavy (non-hydrogen) atoms. The fourth-order valence-corrected chi connectivity index (χ4v) is 2.92. The Hall–Kier alpha value is -0.570. The van der Waals surface area contributed by atoms with Crippen LogP contribution in [0.1, 0.15) is 44.9 Å². The second-order valence-corrected chi connectivity index (χ2v) is 5.46. The van der Waals surface area contributed by atoms with Gasteiger partial charge in [-0.25, -0.2) is 0 Å². The SMILES string of the molecule is CN(C)C1(CNC2=NCCCC2)CCCC1. The predicted octanol–water partition coefficient (Wildman–Crippen LogP) is 2.03. The molecule has 2 rings (SSSR count). The molecule has 1 aliphatic carbocycles. The Morgan fingerprint density at radius 1 is 1.19 bits per heavy atom. The zero-order valence-corrected chi connectivity index (χ0v) is 10.8. The van der Waals surface area contributed by atoms with Crippen LogP contribution in [0, 0.1) is 0 Å². The van der Waals surface area contributed by atoms with Crippen LogP contribution < -0.4 is 5.32 Å². The average molecular weight is 223 g/mol. The van der Waals surface area contributed by atoms with E-state index in [1.807, 2.05) is 0 Å². The van der Waals surface area contributed by atoms with E-state index in [4.69, 9.17) is 0 Å². The predicted molar refractivity (Wildman–Crippen MR) is 69.0 cm³/mol. The van der Waals surface area contributed by atoms with Gasteiger partial charge in [-0.3, -0.25) is 4.99 Å². The van der Waals surface area contributed by atoms with Crippen LogP contribution in [0.3, 0.4) is 0 Å². The average Bonchev–Trinajstić information content (AvgIpc) is 2.78. The minimum absolute atomic E-state index is 0.389. The summed E-state index contributed by atoms with van der Waals surface area (Å²) in [4.78, 5) is 6.98. The van der Waals surface area contributed by atoms with Gasteiger partial charge in [0.05, 0.1) is 5.84 Å². The summed E-state index contributed by atoms with van der Waals surface area (Å²) in [6.07, 6.45) is 9.16. The van der Waals surface area contributed by atoms with Gasteiger partial charge in [0.25, 0.3) is 0 Å². The highest BCUT2D eigenvalue weighted by atomic mass is 15.2. The number of nitrogens with one attached hydrogen (secondary N) is 1. The van der Waals surface area contributed by atoms with Gasteiger partial charge in [0, 0.05) is 25.0 Å². The maximum Gasteiger partial charge on any atom is 0.0963 e. The van der Waals surface area contributed by atoms with Crippen LogP contribution in [0.4, 0.5) is 0 Å². The summed E-state index contributed by atoms with van der Waals surface area (Å²) in [7, 11) is 4.44. The van der Waals surface area contributed by atoms with Crippen molar-refractivity contribution in [2.45, 2.75) is 50.5 Å². The summed E-state index contributed by atoms with van der Waals surface area (Å²) >= 11 is 0. The van der Waals surface area contributed by atoms with Gasteiger partial charge in [-0.1, -0.05) is 12.8 Å². The van der Waals surface area contributed by atoms with Crippen LogP contribution >= 0.6 is 0 Å². The Kier molecular flexibility index (Phi) is 3.85. The van der Waals surface area contributed by atoms with Gasteiger partial charge >= 0.3 is 0 Å². The van der Waals surface area contributed by atoms with Crippen LogP contribution in [0.5, 0.6) is 0 Å². The highest BCUT2D eigenvalue weighted by Gasteiger charge is 2.35. The molecule has 0 saturated heterocycles. The number of rotatable bonds is 3. The van der Waals surface area contributed by atoms with Crippen molar-refractivity contribution in [1.82, 2.24) is 10.2 Å². The molecule has 0 aromatic carbocycles. The van der Waals surface area contributed by atoms with Crippen LogP contribution in [0.15, 0.2) is 4.99 Å². The summed E-state index contributed by atoms with van der Waals surface area (Å²) in [5, 5.41) is 3.59. The molecular formula is C13H25N3. The van der Waals surface area contributed by atoms with E-state index in [1.54, 1.807) is 0 Å². The lowest BCUT2D eigenvalue weighted by molar-refractivity contribution is 0.160. The van der Waals surface area contributed by atoms with Crippen molar-refractivity contribution in [2.75, 3.05) is 27.2 Å². The summed E-state index contributed by atoms with van der Waals surface area (Å²) in [5.41, 5.74) is 0.389. The molecule has 1 saturated carbocycles. The van der Waals surface area contributed by atoms with E-state index in [0.29, 0.717) is 5.54 Å². The van der Waals surface area contributed by atoms with Gasteiger partial charge in [-0.05, 0) is 39.8 Å². The van der Waals surface area contributed by atoms with E-state index in [0.717, 1.165) is 19.5 Å². The fraction of sp³-hybridized carbons (Fsp3) is 0.923. The third-order valence-electron chi connectivity index (χ3n) is 4.23. The van der Waals surface area contributed by atoms with E-state index >= 15 is 0 Å². The Labute approximate surface area is 99.3 Å². The minimum Gasteiger partial charge on any atom is -0.372 e. The first-order valence-electron chi connectivity index (χ1n) is 6.68. The minimum atomic E-state index is 0.389. The Bertz CT molecular complexity index is 252. The molecule has 0 bridgehead atoms. The van der Waals surface area contributed by atoms with Crippen molar-refractivity contribution in [1.29, 1.82) is 0 Å². The summed E-state index contributed by atoms with van der Waals surface area (Å²) in [5.74, 6) is 1.25. The van der Waals surface area contributed by atoms with Crippen LogP contribution in [0.2, 0.25) is 0 Å². The van der Waals surface area contributed by atoms with Crippen molar-refractivity contribution in [2.24, 2.45) is 4.99 Å². The Balaban J connectivity index is 1.89. The molecule has 0 unspecified atom stereocenters. The molecule has 0 amide bonds. The van der Waals surface area contributed by atoms with E-state index in [-0.39, 0.29) is 0 Å². The van der Waals surface area contributed by atoms with Crippen molar-refractivity contribution in [3.8, 4) is 0 Å². The number of aliphatic imine (C=N–C) groups is 1. The second kappa shape index (κ2) is 5.17. The maximum absolute atomic E-state index is 4.57. The maximum atomic E-state index is 4.57. The zero-order valence-electron chi connectivity index (χ0n) is 10.8. The monoisotopic (exact) mass is 223 g/mol. The van der Waals surface area contributed by atoms with Crippen LogP contribution in [-0.2, 0) is 0 Å². The molecule has 0 aromatic rings. The molecule has 3 heteroatoms. The highest BCUT2D eigenvalue weighted by molar-refractivity contribution is 5.82. The van der Waals surface area contributed by atoms with Crippen molar-refractivity contribution in [3.63, 3.8) is 0 Å². The highest BCUT2D eigenvalue weighted by Crippen LogP contribution is 2.33. The smallest absolute Gasteiger partial charge is 0.0963 e. The first kappa shape index (κ1) is 11.9. The van der Waals surface area contributed by atoms with Gasteiger partial charge in [0.1, 0.15) is 0 Å². The normalized spacial score (nSPS) is 24.6. The largest absolute Gasteiger partial charge is 0.372 e. The molecule has 92 valence electrons. The molecule has 0 atom stereocenters. The van der Waals surface area contributed by atoms with Crippen LogP contribution in [0.25, 0.3) is 0 Å². The van der Waals surface area contributed by atoms with Gasteiger partial charge in [0.15, 0.2) is 0 Å². The molecule has 2 aliphatic rings. The van der Waals surface area contributed by atoms with Crippen molar-refractivity contribution < 1.29 is 0 Å². The summed E-state index contributed by atoms with van der Waals surface area (Å²) in [6, 6.07) is 0. The molecule has 1 fully saturated rings. The van der Waals surface area contributed by atoms with E-state index in [1.165, 1.54) is 44.4 Å². The van der Waals surface area contributed by atoms with Gasteiger partial charge in [-0.2, -0.15) is 0 Å². The second-order valence-electron chi connectivity index (χ2n) is 5.46. The molecule has 1 N–H and O–H groups in total. The summed E-state index contributed by atoms with van der Waals surface area (Å²) in [6.45, 7) is 2.11. The number of likely N-dealkylation sites (N-methyl/N-ethyl adjacent to an activating group) is 1. The van der Waals surface area contributed by atoms with E-state index < -0.39 is 0 Å². The Morgan fingerprint density at radius 2 is 1.94 bits per heavy atom. The quantitative estimate of drug-likeness (QED) is 0.793. The first-order chi connectivity index (χ1) is 7.73. The van der Waals surface area contributed by atoms with Gasteiger partial charge < -0.3 is 10.2 Å². The standard InChI is InChI=1S/C13H25N3/c1-16(2)13(8-4-5-9-13)11-15-12-7-3-6-10-14-12/h3-11H2,1-2H3,(H,14,15). The van der Waals surface area contributed by atoms with Gasteiger partial charge in [0.2, 0.25) is 0 Å². The topological polar surface area (TPSA) is 27.6 Å². The first-order valence-corrected chi connectivity index (χ1v) is 6.68. The Morgan fingerprint density at radius 3 is 2.50 bits per heavy atom. The third-order valence-corrected chi connectivity index (χ3v) is 4.23. The number of nitrogens with zero attached hydrogens (tertiary/aromatic N) is 2. The van der Waals surface area contributed by atoms with Gasteiger partial charge in [-0.15, -0.1) is 0 Å². The fourth-order valence-electron chi connectivity index (χ4n) is 2.92. The van der Waals surface area contributed by atoms with Crippen molar-refractivity contribution >= 4 is 5.84 Å². The molecule has 0 spiro atoms. The van der Waals surface area contributed by atoms with E-state index in [9.17, 15) is 0 Å². The third kappa shape index (κ3) is 2.57. The molecular weight excluding hydrogens is 198 g/mol. The van der Waals surface area contributed by atoms with Crippen LogP contribution in [-0.4, -0.2) is 43.5 Å². The van der Waals surface area contributed by atoms with E-state index in [2.05, 4.69) is 29.3 Å². The molecule has 0 aromatic heterocycles. The molecule has 1 heterocycles.